The Morgan fingerprint density at radius 2 is 1.59 bits per heavy atom. The fourth-order valence-electron chi connectivity index (χ4n) is 3.51. The molecule has 0 aliphatic heterocycles. The van der Waals surface area contributed by atoms with Crippen molar-refractivity contribution in [2.24, 2.45) is 0 Å². The van der Waals surface area contributed by atoms with Crippen LogP contribution in [0.1, 0.15) is 11.6 Å². The Balaban J connectivity index is 0.000000405. The van der Waals surface area contributed by atoms with Gasteiger partial charge in [-0.05, 0) is 61.0 Å². The van der Waals surface area contributed by atoms with Crippen molar-refractivity contribution in [1.29, 1.82) is 0 Å². The molecule has 11 heteroatoms. The van der Waals surface area contributed by atoms with Gasteiger partial charge in [-0.25, -0.2) is 24.4 Å². The van der Waals surface area contributed by atoms with E-state index in [0.717, 1.165) is 34.3 Å². The van der Waals surface area contributed by atoms with Crippen LogP contribution in [0.5, 0.6) is 0 Å². The lowest BCUT2D eigenvalue weighted by Crippen LogP contribution is -2.21. The van der Waals surface area contributed by atoms with Crippen molar-refractivity contribution in [1.82, 2.24) is 24.7 Å². The predicted octanol–water partition coefficient (Wildman–Crippen LogP) is 5.87. The largest absolute Gasteiger partial charge is 0.490 e. The molecule has 0 bridgehead atoms. The maximum atomic E-state index is 10.6. The highest BCUT2D eigenvalue weighted by molar-refractivity contribution is 5.86. The summed E-state index contributed by atoms with van der Waals surface area (Å²) in [6.07, 6.45) is -3.31. The highest BCUT2D eigenvalue weighted by Crippen LogP contribution is 2.24. The average molecular weight is 506 g/mol. The lowest BCUT2D eigenvalue weighted by Gasteiger charge is -2.09. The molecule has 0 saturated heterocycles. The van der Waals surface area contributed by atoms with Crippen molar-refractivity contribution in [2.45, 2.75) is 20.0 Å². The van der Waals surface area contributed by atoms with Gasteiger partial charge < -0.3 is 10.4 Å². The van der Waals surface area contributed by atoms with E-state index in [2.05, 4.69) is 50.7 Å². The highest BCUT2D eigenvalue weighted by Gasteiger charge is 2.38. The van der Waals surface area contributed by atoms with Gasteiger partial charge in [0.2, 0.25) is 5.95 Å². The molecule has 188 valence electrons. The number of carbonyl (C=O) groups is 1. The third kappa shape index (κ3) is 6.26. The summed E-state index contributed by atoms with van der Waals surface area (Å²) in [6.45, 7) is 3.83. The summed E-state index contributed by atoms with van der Waals surface area (Å²) in [5.41, 5.74) is 3.81. The van der Waals surface area contributed by atoms with E-state index in [0.29, 0.717) is 5.95 Å². The van der Waals surface area contributed by atoms with E-state index in [1.807, 2.05) is 61.0 Å². The quantitative estimate of drug-likeness (QED) is 0.314. The van der Waals surface area contributed by atoms with Gasteiger partial charge >= 0.3 is 12.1 Å². The summed E-state index contributed by atoms with van der Waals surface area (Å²) in [4.78, 5) is 22.3. The molecule has 0 radical (unpaired) electrons. The zero-order valence-electron chi connectivity index (χ0n) is 19.7. The van der Waals surface area contributed by atoms with Gasteiger partial charge in [0.05, 0.1) is 11.4 Å². The van der Waals surface area contributed by atoms with Gasteiger partial charge in [-0.15, -0.1) is 0 Å². The minimum Gasteiger partial charge on any atom is -0.475 e. The fraction of sp³-hybridized carbons (Fsp3) is 0.115. The van der Waals surface area contributed by atoms with E-state index in [1.54, 1.807) is 6.20 Å². The first-order valence-corrected chi connectivity index (χ1v) is 11.0. The summed E-state index contributed by atoms with van der Waals surface area (Å²) in [6, 6.07) is 24.6. The minimum atomic E-state index is -5.08. The Kier molecular flexibility index (Phi) is 7.14. The van der Waals surface area contributed by atoms with E-state index < -0.39 is 12.1 Å². The molecular formula is C26H21F3N6O2. The molecule has 3 aromatic carbocycles. The first kappa shape index (κ1) is 25.3. The summed E-state index contributed by atoms with van der Waals surface area (Å²) >= 11 is 0. The van der Waals surface area contributed by atoms with Crippen molar-refractivity contribution in [3.8, 4) is 16.9 Å². The number of nitrogens with one attached hydrogen (secondary N) is 1. The second kappa shape index (κ2) is 10.4. The third-order valence-electron chi connectivity index (χ3n) is 5.19. The van der Waals surface area contributed by atoms with Gasteiger partial charge in [-0.3, -0.25) is 0 Å². The summed E-state index contributed by atoms with van der Waals surface area (Å²) in [5.74, 6) is -0.582. The molecule has 0 atom stereocenters. The number of carboxylic acids is 1. The second-order valence-corrected chi connectivity index (χ2v) is 7.92. The van der Waals surface area contributed by atoms with Crippen LogP contribution in [0.3, 0.4) is 0 Å². The molecule has 0 unspecified atom stereocenters. The molecule has 5 rings (SSSR count). The van der Waals surface area contributed by atoms with Crippen molar-refractivity contribution in [3.05, 3.63) is 90.6 Å². The Morgan fingerprint density at radius 1 is 0.919 bits per heavy atom. The molecule has 5 aromatic rings. The molecule has 2 heterocycles. The molecule has 0 aliphatic carbocycles. The first-order valence-electron chi connectivity index (χ1n) is 11.0. The highest BCUT2D eigenvalue weighted by atomic mass is 19.4. The van der Waals surface area contributed by atoms with Gasteiger partial charge in [0.1, 0.15) is 11.6 Å². The van der Waals surface area contributed by atoms with Crippen LogP contribution in [-0.2, 0) is 4.79 Å². The van der Waals surface area contributed by atoms with Crippen LogP contribution < -0.4 is 5.32 Å². The number of benzene rings is 3. The molecule has 0 spiro atoms. The monoisotopic (exact) mass is 506 g/mol. The first-order chi connectivity index (χ1) is 17.6. The van der Waals surface area contributed by atoms with Gasteiger partial charge in [-0.2, -0.15) is 18.3 Å². The van der Waals surface area contributed by atoms with E-state index in [-0.39, 0.29) is 0 Å². The number of fused-ring (bicyclic) bond motifs is 1. The van der Waals surface area contributed by atoms with Crippen LogP contribution in [0.25, 0.3) is 27.7 Å². The number of alkyl halides is 3. The Bertz CT molecular complexity index is 1550. The maximum absolute atomic E-state index is 10.6. The van der Waals surface area contributed by atoms with Crippen LogP contribution in [0.15, 0.2) is 79.0 Å². The Morgan fingerprint density at radius 3 is 2.22 bits per heavy atom. The molecule has 37 heavy (non-hydrogen) atoms. The fourth-order valence-corrected chi connectivity index (χ4v) is 3.51. The summed E-state index contributed by atoms with van der Waals surface area (Å²) in [7, 11) is 0. The summed E-state index contributed by atoms with van der Waals surface area (Å²) < 4.78 is 33.6. The Hall–Kier alpha value is -4.80. The number of hydrogen-bond acceptors (Lipinski definition) is 6. The van der Waals surface area contributed by atoms with Crippen LogP contribution in [0, 0.1) is 13.8 Å². The standard InChI is InChI=1S/C24H20N6.C2HF3O2/c1-16-26-17(2)30(29-16)22-11-9-21(10-12-22)27-24-25-14-13-23(28-24)20-8-7-18-5-3-4-6-19(18)15-20;3-2(4,5)1(6)7/h3-15H,1-2H3,(H,25,27,28);(H,6,7). The Labute approximate surface area is 209 Å². The normalized spacial score (nSPS) is 11.1. The average Bonchev–Trinajstić information content (AvgIpc) is 3.22. The van der Waals surface area contributed by atoms with Gasteiger partial charge in [-0.1, -0.05) is 36.4 Å². The number of halogens is 3. The number of anilines is 2. The second-order valence-electron chi connectivity index (χ2n) is 7.92. The molecule has 0 fully saturated rings. The smallest absolute Gasteiger partial charge is 0.475 e. The molecule has 0 aliphatic rings. The number of nitrogens with zero attached hydrogens (tertiary/aromatic N) is 5. The molecule has 2 aromatic heterocycles. The van der Waals surface area contributed by atoms with Crippen LogP contribution >= 0.6 is 0 Å². The van der Waals surface area contributed by atoms with E-state index in [9.17, 15) is 13.2 Å². The van der Waals surface area contributed by atoms with Crippen molar-refractivity contribution in [3.63, 3.8) is 0 Å². The van der Waals surface area contributed by atoms with E-state index in [1.165, 1.54) is 10.8 Å². The van der Waals surface area contributed by atoms with Crippen molar-refractivity contribution in [2.75, 3.05) is 5.32 Å². The number of hydrogen-bond donors (Lipinski definition) is 2. The van der Waals surface area contributed by atoms with Crippen LogP contribution in [0.2, 0.25) is 0 Å². The van der Waals surface area contributed by atoms with Gasteiger partial charge in [0.15, 0.2) is 0 Å². The number of aliphatic carboxylic acids is 1. The molecule has 0 amide bonds. The van der Waals surface area contributed by atoms with Gasteiger partial charge in [0.25, 0.3) is 0 Å². The summed E-state index contributed by atoms with van der Waals surface area (Å²) in [5, 5.41) is 17.2. The van der Waals surface area contributed by atoms with Crippen molar-refractivity contribution < 1.29 is 23.1 Å². The van der Waals surface area contributed by atoms with Gasteiger partial charge in [0, 0.05) is 17.4 Å². The van der Waals surface area contributed by atoms with E-state index >= 15 is 0 Å². The number of aryl methyl sites for hydroxylation is 2. The predicted molar refractivity (Wildman–Crippen MR) is 133 cm³/mol. The zero-order valence-corrected chi connectivity index (χ0v) is 19.7. The maximum Gasteiger partial charge on any atom is 0.490 e. The SMILES string of the molecule is Cc1nc(C)n(-c2ccc(Nc3nccc(-c4ccc5ccccc5c4)n3)cc2)n1.O=C(O)C(F)(F)F. The number of carboxylic acid groups (broad SMARTS) is 1. The molecule has 2 N–H and O–H groups in total. The lowest BCUT2D eigenvalue weighted by molar-refractivity contribution is -0.192. The molecule has 0 saturated carbocycles. The number of aromatic nitrogens is 5. The minimum absolute atomic E-state index is 0.557. The lowest BCUT2D eigenvalue weighted by atomic mass is 10.1. The van der Waals surface area contributed by atoms with Crippen LogP contribution in [0.4, 0.5) is 24.8 Å². The topological polar surface area (TPSA) is 106 Å². The number of rotatable bonds is 4. The van der Waals surface area contributed by atoms with E-state index in [4.69, 9.17) is 14.9 Å². The molecule has 8 nitrogen and oxygen atoms in total. The molecular weight excluding hydrogens is 485 g/mol. The zero-order chi connectivity index (χ0) is 26.6. The van der Waals surface area contributed by atoms with Crippen LogP contribution in [-0.4, -0.2) is 42.0 Å². The third-order valence-corrected chi connectivity index (χ3v) is 5.19. The van der Waals surface area contributed by atoms with Crippen molar-refractivity contribution >= 4 is 28.4 Å².